The smallest absolute Gasteiger partial charge is 0.340 e. The maximum Gasteiger partial charge on any atom is 0.340 e. The summed E-state index contributed by atoms with van der Waals surface area (Å²) in [6.45, 7) is 0. The number of ether oxygens (including phenoxy) is 2. The molecule has 0 amide bonds. The minimum Gasteiger partial charge on any atom is -0.465 e. The molecule has 0 fully saturated rings. The van der Waals surface area contributed by atoms with Crippen molar-refractivity contribution in [3.63, 3.8) is 0 Å². The van der Waals surface area contributed by atoms with E-state index in [1.807, 2.05) is 0 Å². The van der Waals surface area contributed by atoms with Crippen LogP contribution < -0.4 is 5.73 Å². The van der Waals surface area contributed by atoms with E-state index in [0.717, 1.165) is 0 Å². The Morgan fingerprint density at radius 3 is 2.23 bits per heavy atom. The van der Waals surface area contributed by atoms with Gasteiger partial charge in [-0.05, 0) is 34.1 Å². The van der Waals surface area contributed by atoms with Gasteiger partial charge in [0, 0.05) is 5.56 Å². The fraction of sp³-hybridized carbons (Fsp3) is 0.133. The average molecular weight is 365 g/mol. The normalized spacial score (nSPS) is 10.1. The number of hydrogen-bond donors (Lipinski definition) is 1. The number of rotatable bonds is 3. The summed E-state index contributed by atoms with van der Waals surface area (Å²) >= 11 is 3.24. The van der Waals surface area contributed by atoms with Crippen LogP contribution >= 0.6 is 15.9 Å². The van der Waals surface area contributed by atoms with Crippen LogP contribution in [0.3, 0.4) is 0 Å². The van der Waals surface area contributed by atoms with E-state index in [9.17, 15) is 9.59 Å². The maximum absolute atomic E-state index is 11.7. The highest BCUT2D eigenvalue weighted by Crippen LogP contribution is 2.30. The number of benzene rings is 1. The highest BCUT2D eigenvalue weighted by atomic mass is 79.9. The topological polar surface area (TPSA) is 91.5 Å². The summed E-state index contributed by atoms with van der Waals surface area (Å²) < 4.78 is 9.79. The van der Waals surface area contributed by atoms with Crippen LogP contribution in [0.15, 0.2) is 34.9 Å². The van der Waals surface area contributed by atoms with Gasteiger partial charge in [-0.15, -0.1) is 0 Å². The molecule has 0 aliphatic rings. The quantitative estimate of drug-likeness (QED) is 0.664. The van der Waals surface area contributed by atoms with Gasteiger partial charge < -0.3 is 15.2 Å². The lowest BCUT2D eigenvalue weighted by molar-refractivity contribution is 0.0592. The molecule has 6 nitrogen and oxygen atoms in total. The first kappa shape index (κ1) is 16.0. The Hall–Kier alpha value is -2.41. The Balaban J connectivity index is 2.50. The molecule has 0 radical (unpaired) electrons. The van der Waals surface area contributed by atoms with Crippen molar-refractivity contribution in [2.45, 2.75) is 0 Å². The lowest BCUT2D eigenvalue weighted by Crippen LogP contribution is -2.08. The molecular weight excluding hydrogens is 352 g/mol. The molecule has 2 N–H and O–H groups in total. The van der Waals surface area contributed by atoms with E-state index in [4.69, 9.17) is 10.5 Å². The third-order valence-electron chi connectivity index (χ3n) is 3.01. The molecule has 0 aliphatic carbocycles. The minimum absolute atomic E-state index is 0.209. The number of carbonyl (C=O) groups excluding carboxylic acids is 2. The molecule has 22 heavy (non-hydrogen) atoms. The summed E-state index contributed by atoms with van der Waals surface area (Å²) in [5, 5.41) is 0. The first-order valence-electron chi connectivity index (χ1n) is 6.21. The first-order valence-corrected chi connectivity index (χ1v) is 7.00. The fourth-order valence-electron chi connectivity index (χ4n) is 1.90. The van der Waals surface area contributed by atoms with Gasteiger partial charge in [0.15, 0.2) is 0 Å². The zero-order valence-corrected chi connectivity index (χ0v) is 13.5. The highest BCUT2D eigenvalue weighted by Gasteiger charge is 2.17. The summed E-state index contributed by atoms with van der Waals surface area (Å²) in [6, 6.07) is 8.05. The highest BCUT2D eigenvalue weighted by molar-refractivity contribution is 9.10. The summed E-state index contributed by atoms with van der Waals surface area (Å²) in [5.74, 6) is -0.981. The van der Waals surface area contributed by atoms with Crippen molar-refractivity contribution < 1.29 is 19.1 Å². The predicted molar refractivity (Wildman–Crippen MR) is 84.5 cm³/mol. The summed E-state index contributed by atoms with van der Waals surface area (Å²) in [4.78, 5) is 27.5. The van der Waals surface area contributed by atoms with Crippen molar-refractivity contribution in [1.82, 2.24) is 4.98 Å². The van der Waals surface area contributed by atoms with Gasteiger partial charge in [0.05, 0.1) is 36.7 Å². The summed E-state index contributed by atoms with van der Waals surface area (Å²) in [5.41, 5.74) is 7.93. The van der Waals surface area contributed by atoms with E-state index in [-0.39, 0.29) is 11.3 Å². The number of hydrogen-bond acceptors (Lipinski definition) is 6. The Morgan fingerprint density at radius 2 is 1.68 bits per heavy atom. The van der Waals surface area contributed by atoms with Crippen molar-refractivity contribution in [3.05, 3.63) is 46.1 Å². The number of anilines is 1. The first-order chi connectivity index (χ1) is 10.5. The Bertz CT molecular complexity index is 729. The minimum atomic E-state index is -0.548. The van der Waals surface area contributed by atoms with Gasteiger partial charge in [-0.3, -0.25) is 0 Å². The molecule has 114 valence electrons. The molecule has 0 atom stereocenters. The van der Waals surface area contributed by atoms with Crippen LogP contribution in [0, 0.1) is 0 Å². The van der Waals surface area contributed by atoms with Crippen molar-refractivity contribution in [2.24, 2.45) is 0 Å². The molecule has 7 heteroatoms. The zero-order chi connectivity index (χ0) is 16.3. The van der Waals surface area contributed by atoms with Crippen LogP contribution in [-0.2, 0) is 9.47 Å². The van der Waals surface area contributed by atoms with Crippen LogP contribution in [0.5, 0.6) is 0 Å². The summed E-state index contributed by atoms with van der Waals surface area (Å²) in [6.07, 6.45) is 0. The van der Waals surface area contributed by atoms with Crippen LogP contribution in [0.2, 0.25) is 0 Å². The molecule has 0 spiro atoms. The van der Waals surface area contributed by atoms with Crippen molar-refractivity contribution in [2.75, 3.05) is 20.0 Å². The molecule has 1 aromatic carbocycles. The molecule has 2 aromatic rings. The molecule has 0 saturated carbocycles. The molecule has 0 aliphatic heterocycles. The third kappa shape index (κ3) is 3.09. The number of methoxy groups -OCH3 is 2. The van der Waals surface area contributed by atoms with E-state index in [2.05, 4.69) is 25.7 Å². The number of aromatic nitrogens is 1. The largest absolute Gasteiger partial charge is 0.465 e. The second-order valence-corrected chi connectivity index (χ2v) is 5.13. The van der Waals surface area contributed by atoms with Crippen molar-refractivity contribution in [1.29, 1.82) is 0 Å². The number of esters is 2. The second-order valence-electron chi connectivity index (χ2n) is 4.32. The van der Waals surface area contributed by atoms with Gasteiger partial charge in [0.25, 0.3) is 0 Å². The van der Waals surface area contributed by atoms with E-state index in [1.54, 1.807) is 24.3 Å². The van der Waals surface area contributed by atoms with Crippen LogP contribution in [0.4, 0.5) is 5.69 Å². The van der Waals surface area contributed by atoms with E-state index in [0.29, 0.717) is 21.4 Å². The van der Waals surface area contributed by atoms with Gasteiger partial charge in [-0.25, -0.2) is 14.6 Å². The van der Waals surface area contributed by atoms with Gasteiger partial charge in [0.1, 0.15) is 4.60 Å². The standard InChI is InChI=1S/C15H13BrN2O4/c1-21-14(19)9-5-3-8(4-6-9)13-12(17)10(15(20)22-2)7-11(16)18-13/h3-7H,17H2,1-2H3. The lowest BCUT2D eigenvalue weighted by Gasteiger charge is -2.10. The van der Waals surface area contributed by atoms with Gasteiger partial charge in [-0.2, -0.15) is 0 Å². The molecule has 1 aromatic heterocycles. The summed E-state index contributed by atoms with van der Waals surface area (Å²) in [7, 11) is 2.59. The Morgan fingerprint density at radius 1 is 1.09 bits per heavy atom. The number of nitrogens with two attached hydrogens (primary N) is 1. The van der Waals surface area contributed by atoms with E-state index < -0.39 is 11.9 Å². The van der Waals surface area contributed by atoms with Crippen LogP contribution in [-0.4, -0.2) is 31.1 Å². The van der Waals surface area contributed by atoms with Crippen molar-refractivity contribution in [3.8, 4) is 11.3 Å². The fourth-order valence-corrected chi connectivity index (χ4v) is 2.31. The maximum atomic E-state index is 11.7. The van der Waals surface area contributed by atoms with Crippen molar-refractivity contribution >= 4 is 33.6 Å². The number of nitrogen functional groups attached to an aromatic ring is 1. The number of nitrogens with zero attached hydrogens (tertiary/aromatic N) is 1. The predicted octanol–water partition coefficient (Wildman–Crippen LogP) is 2.67. The Labute approximate surface area is 135 Å². The Kier molecular flexibility index (Phi) is 4.77. The van der Waals surface area contributed by atoms with Crippen LogP contribution in [0.25, 0.3) is 11.3 Å². The SMILES string of the molecule is COC(=O)c1ccc(-c2nc(Br)cc(C(=O)OC)c2N)cc1. The van der Waals surface area contributed by atoms with Gasteiger partial charge in [-0.1, -0.05) is 12.1 Å². The van der Waals surface area contributed by atoms with E-state index in [1.165, 1.54) is 20.3 Å². The monoisotopic (exact) mass is 364 g/mol. The molecule has 0 unspecified atom stereocenters. The number of carbonyl (C=O) groups is 2. The molecular formula is C15H13BrN2O4. The molecule has 0 saturated heterocycles. The zero-order valence-electron chi connectivity index (χ0n) is 11.9. The lowest BCUT2D eigenvalue weighted by atomic mass is 10.0. The van der Waals surface area contributed by atoms with E-state index >= 15 is 0 Å². The molecule has 0 bridgehead atoms. The average Bonchev–Trinajstić information content (AvgIpc) is 2.55. The second kappa shape index (κ2) is 6.57. The number of halogens is 1. The third-order valence-corrected chi connectivity index (χ3v) is 3.42. The number of pyridine rings is 1. The molecule has 2 rings (SSSR count). The van der Waals surface area contributed by atoms with Gasteiger partial charge in [0.2, 0.25) is 0 Å². The van der Waals surface area contributed by atoms with Gasteiger partial charge >= 0.3 is 11.9 Å². The molecule has 1 heterocycles. The van der Waals surface area contributed by atoms with Crippen LogP contribution in [0.1, 0.15) is 20.7 Å².